The third-order valence-corrected chi connectivity index (χ3v) is 15.9. The molecule has 2 aromatic carbocycles. The maximum atomic E-state index is 11.1. The lowest BCUT2D eigenvalue weighted by Gasteiger charge is -2.16. The van der Waals surface area contributed by atoms with Crippen LogP contribution in [0.1, 0.15) is 201 Å². The summed E-state index contributed by atoms with van der Waals surface area (Å²) in [5.41, 5.74) is 56.4. The van der Waals surface area contributed by atoms with Gasteiger partial charge in [0.1, 0.15) is 23.2 Å². The highest BCUT2D eigenvalue weighted by atomic mass is 16.5. The van der Waals surface area contributed by atoms with Crippen molar-refractivity contribution >= 4 is 89.3 Å². The topological polar surface area (TPSA) is 614 Å². The maximum Gasteiger partial charge on any atom is 0.234 e. The third-order valence-electron chi connectivity index (χ3n) is 15.9. The summed E-state index contributed by atoms with van der Waals surface area (Å²) in [6.07, 6.45) is 29.2. The number of benzene rings is 2. The molecule has 2 unspecified atom stereocenters. The van der Waals surface area contributed by atoms with E-state index in [2.05, 4.69) is 149 Å². The standard InChI is InChI=1S/C19H33N7.C19H29N5O4.C14H23N5O2.C13H17N5O.C6H9N5.C6H7N5/c1-2-3-4-5-6-7-8-9-10-11-17-22-13-15-26(17)14-12-16-23-18(20)25-19(21)24-16;1-12(25-3)7-9-27-15-6-5-14(17-22-18(20)24-19(21)23-17)11-16(15)28-10-8-13(2)26-4;1-4-5-6-7-8-9-12-17-13(15-10(2)20)19-14(18-12)16-11(3)21;1-8(2)7-19-10-5-3-4-9(6-10)11-16-12(14)18-13(15)17-11;2*1-2-3-4-9-5(7)11-6(8)10-4/h13,15H,2-12,14H2,1H3,(H4,20,21,23,24,25);5-6,11-13H,7-10H2,1-4H3,(H4,20,21,22,23,24);4-9H2,1-3H3,(H2,15,16,17,18,19,20,21);3-6,8H,7H2,1-2H3,(H4,14,15,16,17,18);2-3H,1H3,(H4,7,8,9,10,11);1H3,(H4,7,8,9,10,11)/b;;;;3-2+;. The van der Waals surface area contributed by atoms with Crippen LogP contribution in [0.2, 0.25) is 0 Å². The Labute approximate surface area is 678 Å². The first-order chi connectivity index (χ1) is 55.6. The summed E-state index contributed by atoms with van der Waals surface area (Å²) in [7, 11) is 3.35. The van der Waals surface area contributed by atoms with E-state index in [1.165, 1.54) is 90.9 Å². The summed E-state index contributed by atoms with van der Waals surface area (Å²) < 4.78 is 30.2. The Kier molecular flexibility index (Phi) is 44.6. The molecule has 0 spiro atoms. The average Bonchev–Trinajstić information content (AvgIpc) is 0.967. The number of nitrogen functional groups attached to an aromatic ring is 10. The molecule has 9 aromatic rings. The van der Waals surface area contributed by atoms with Crippen molar-refractivity contribution in [3.63, 3.8) is 0 Å². The highest BCUT2D eigenvalue weighted by molar-refractivity contribution is 5.88. The number of hydrogen-bond donors (Lipinski definition) is 12. The van der Waals surface area contributed by atoms with Crippen molar-refractivity contribution in [2.45, 2.75) is 210 Å². The normalized spacial score (nSPS) is 11.1. The van der Waals surface area contributed by atoms with Crippen molar-refractivity contribution in [1.29, 1.82) is 0 Å². The fourth-order valence-corrected chi connectivity index (χ4v) is 10.1. The van der Waals surface area contributed by atoms with Gasteiger partial charge in [-0.2, -0.15) is 89.7 Å². The number of aryl methyl sites for hydroxylation is 4. The van der Waals surface area contributed by atoms with E-state index in [-0.39, 0.29) is 95.4 Å². The number of imidazole rings is 1. The number of unbranched alkanes of at least 4 members (excludes halogenated alkanes) is 12. The lowest BCUT2D eigenvalue weighted by Crippen LogP contribution is -2.16. The van der Waals surface area contributed by atoms with Crippen LogP contribution in [-0.4, -0.2) is 157 Å². The van der Waals surface area contributed by atoms with Gasteiger partial charge in [0.2, 0.25) is 89.0 Å². The van der Waals surface area contributed by atoms with Gasteiger partial charge in [0.05, 0.1) is 32.0 Å². The number of nitrogens with one attached hydrogen (secondary N) is 2. The predicted molar refractivity (Wildman–Crippen MR) is 453 cm³/mol. The quantitative estimate of drug-likeness (QED) is 0.0127. The Morgan fingerprint density at radius 3 is 1.40 bits per heavy atom. The molecular formula is C77H118N32O7. The number of rotatable bonds is 37. The Morgan fingerprint density at radius 2 is 0.931 bits per heavy atom. The molecule has 0 saturated carbocycles. The fourth-order valence-electron chi connectivity index (χ4n) is 10.1. The first kappa shape index (κ1) is 95.6. The minimum Gasteiger partial charge on any atom is -0.493 e. The Morgan fingerprint density at radius 1 is 0.491 bits per heavy atom. The van der Waals surface area contributed by atoms with Crippen LogP contribution in [0.25, 0.3) is 28.9 Å². The van der Waals surface area contributed by atoms with Gasteiger partial charge in [-0.1, -0.05) is 129 Å². The van der Waals surface area contributed by atoms with Crippen LogP contribution < -0.4 is 82.2 Å². The van der Waals surface area contributed by atoms with E-state index in [1.54, 1.807) is 39.4 Å². The van der Waals surface area contributed by atoms with Gasteiger partial charge >= 0.3 is 0 Å². The number of aromatic nitrogens is 20. The van der Waals surface area contributed by atoms with Gasteiger partial charge in [0.25, 0.3) is 0 Å². The minimum absolute atomic E-state index is 0.0627. The fraction of sp³-hybridized carbons (Fsp3) is 0.494. The molecule has 628 valence electrons. The zero-order valence-electron chi connectivity index (χ0n) is 68.9. The van der Waals surface area contributed by atoms with Gasteiger partial charge < -0.3 is 85.6 Å². The predicted octanol–water partition coefficient (Wildman–Crippen LogP) is 9.37. The summed E-state index contributed by atoms with van der Waals surface area (Å²) in [5, 5.41) is 5.03. The summed E-state index contributed by atoms with van der Waals surface area (Å²) >= 11 is 0. The van der Waals surface area contributed by atoms with Crippen LogP contribution >= 0.6 is 0 Å². The van der Waals surface area contributed by atoms with Crippen LogP contribution in [0, 0.1) is 17.8 Å². The van der Waals surface area contributed by atoms with Crippen LogP contribution in [0.4, 0.5) is 71.4 Å². The molecule has 2 atom stereocenters. The lowest BCUT2D eigenvalue weighted by atomic mass is 10.1. The van der Waals surface area contributed by atoms with Crippen molar-refractivity contribution in [2.75, 3.05) is 102 Å². The van der Waals surface area contributed by atoms with Gasteiger partial charge in [0.15, 0.2) is 29.0 Å². The first-order valence-electron chi connectivity index (χ1n) is 38.5. The summed E-state index contributed by atoms with van der Waals surface area (Å²) in [5.74, 6) is 12.6. The number of anilines is 12. The molecule has 2 amide bonds. The zero-order chi connectivity index (χ0) is 85.2. The van der Waals surface area contributed by atoms with Crippen molar-refractivity contribution in [1.82, 2.24) is 99.3 Å². The number of allylic oxidation sites excluding steroid dienone is 1. The molecule has 0 fully saturated rings. The molecule has 0 bridgehead atoms. The second kappa shape index (κ2) is 54.1. The third kappa shape index (κ3) is 40.6. The SMILES string of the molecule is C/C=C/c1nc(N)nc(N)n1.CC#Cc1nc(N)nc(N)n1.CC(C)COc1cccc(-c2nc(N)nc(N)n2)c1.CCCCCCCCCCCc1nccn1CCc1nc(N)nc(N)n1.CCCCCCCc1nc(NC(C)=O)nc(NC(C)=O)n1.COC(C)CCOc1ccc(-c2nc(N)nc(N)n2)cc1OCCC(C)OC. The summed E-state index contributed by atoms with van der Waals surface area (Å²) in [6, 6.07) is 12.9. The minimum atomic E-state index is -0.260. The summed E-state index contributed by atoms with van der Waals surface area (Å²) in [6.45, 7) is 21.3. The molecule has 39 nitrogen and oxygen atoms in total. The monoisotopic (exact) mass is 1600 g/mol. The number of ether oxygens (including phenoxy) is 5. The van der Waals surface area contributed by atoms with Gasteiger partial charge in [0, 0.05) is 90.2 Å². The number of amides is 2. The van der Waals surface area contributed by atoms with Crippen molar-refractivity contribution in [3.05, 3.63) is 90.1 Å². The van der Waals surface area contributed by atoms with Crippen LogP contribution in [0.15, 0.2) is 60.9 Å². The zero-order valence-corrected chi connectivity index (χ0v) is 68.9. The number of carbonyl (C=O) groups excluding carboxylic acids is 2. The number of nitrogens with zero attached hydrogens (tertiary/aromatic N) is 20. The van der Waals surface area contributed by atoms with Crippen molar-refractivity contribution in [2.24, 2.45) is 5.92 Å². The van der Waals surface area contributed by atoms with E-state index in [1.807, 2.05) is 69.6 Å². The van der Waals surface area contributed by atoms with Gasteiger partial charge in [-0.25, -0.2) is 4.98 Å². The number of hydrogen-bond acceptors (Lipinski definition) is 36. The van der Waals surface area contributed by atoms with E-state index in [4.69, 9.17) is 81.0 Å². The smallest absolute Gasteiger partial charge is 0.234 e. The highest BCUT2D eigenvalue weighted by Gasteiger charge is 2.16. The van der Waals surface area contributed by atoms with E-state index in [0.29, 0.717) is 90.6 Å². The van der Waals surface area contributed by atoms with E-state index in [9.17, 15) is 9.59 Å². The van der Waals surface area contributed by atoms with Gasteiger partial charge in [-0.15, -0.1) is 0 Å². The largest absolute Gasteiger partial charge is 0.493 e. The number of methoxy groups -OCH3 is 2. The number of nitrogens with two attached hydrogens (primary N) is 10. The van der Waals surface area contributed by atoms with Gasteiger partial charge in [-0.3, -0.25) is 20.2 Å². The maximum absolute atomic E-state index is 11.1. The Balaban J connectivity index is 0.000000301. The molecule has 39 heteroatoms. The second-order valence-electron chi connectivity index (χ2n) is 26.4. The van der Waals surface area contributed by atoms with E-state index >= 15 is 0 Å². The van der Waals surface area contributed by atoms with Crippen LogP contribution in [0.5, 0.6) is 17.2 Å². The molecule has 0 radical (unpaired) electrons. The van der Waals surface area contributed by atoms with Crippen molar-refractivity contribution < 1.29 is 33.3 Å². The second-order valence-corrected chi connectivity index (χ2v) is 26.4. The molecule has 22 N–H and O–H groups in total. The first-order valence-corrected chi connectivity index (χ1v) is 38.5. The molecule has 7 heterocycles. The van der Waals surface area contributed by atoms with Gasteiger partial charge in [-0.05, 0) is 88.8 Å². The average molecular weight is 1600 g/mol. The van der Waals surface area contributed by atoms with Crippen LogP contribution in [0.3, 0.4) is 0 Å². The molecular weight excluding hydrogens is 1490 g/mol. The summed E-state index contributed by atoms with van der Waals surface area (Å²) in [4.78, 5) is 97.3. The lowest BCUT2D eigenvalue weighted by molar-refractivity contribution is -0.115. The molecule has 0 aliphatic heterocycles. The molecule has 0 saturated heterocycles. The molecule has 9 rings (SSSR count). The molecule has 0 aliphatic carbocycles. The van der Waals surface area contributed by atoms with E-state index < -0.39 is 0 Å². The Hall–Kier alpha value is -12.7. The highest BCUT2D eigenvalue weighted by Crippen LogP contribution is 2.33. The molecule has 116 heavy (non-hydrogen) atoms. The van der Waals surface area contributed by atoms with Crippen molar-refractivity contribution in [3.8, 4) is 51.9 Å². The molecule has 7 aromatic heterocycles. The number of carbonyl (C=O) groups is 2. The Bertz CT molecular complexity index is 4350. The van der Waals surface area contributed by atoms with Crippen LogP contribution in [-0.2, 0) is 44.9 Å². The molecule has 0 aliphatic rings. The van der Waals surface area contributed by atoms with E-state index in [0.717, 1.165) is 55.8 Å².